The minimum atomic E-state index is 0. The van der Waals surface area contributed by atoms with Gasteiger partial charge in [0, 0.05) is 46.0 Å². The number of anilines is 4. The van der Waals surface area contributed by atoms with Gasteiger partial charge in [-0.15, -0.1) is 12.4 Å². The Morgan fingerprint density at radius 3 is 1.32 bits per heavy atom. The van der Waals surface area contributed by atoms with E-state index in [1.165, 1.54) is 25.7 Å². The van der Waals surface area contributed by atoms with Crippen molar-refractivity contribution < 1.29 is 0 Å². The van der Waals surface area contributed by atoms with Crippen LogP contribution in [0, 0.1) is 0 Å². The van der Waals surface area contributed by atoms with E-state index in [-0.39, 0.29) is 12.4 Å². The molecule has 41 heavy (non-hydrogen) atoms. The Labute approximate surface area is 247 Å². The van der Waals surface area contributed by atoms with Gasteiger partial charge in [0.2, 0.25) is 0 Å². The molecule has 0 spiro atoms. The number of para-hydroxylation sites is 2. The van der Waals surface area contributed by atoms with Gasteiger partial charge in [0.05, 0.1) is 33.4 Å². The van der Waals surface area contributed by atoms with Crippen LogP contribution < -0.4 is 22.1 Å². The van der Waals surface area contributed by atoms with Crippen molar-refractivity contribution in [2.45, 2.75) is 38.5 Å². The maximum Gasteiger partial charge on any atom is 0.0732 e. The summed E-state index contributed by atoms with van der Waals surface area (Å²) < 4.78 is 0. The SMILES string of the molecule is Cl.Nc1ccc2nc3ccccc3c(NCCCCCCCCNc3c4ccccc4nc4ccc(N)cc34)c2c1. The summed E-state index contributed by atoms with van der Waals surface area (Å²) in [5.41, 5.74) is 20.0. The number of nitrogens with two attached hydrogens (primary N) is 2. The van der Waals surface area contributed by atoms with Crippen molar-refractivity contribution >= 4 is 78.8 Å². The Hall–Kier alpha value is -4.29. The van der Waals surface area contributed by atoms with Crippen LogP contribution in [0.1, 0.15) is 38.5 Å². The summed E-state index contributed by atoms with van der Waals surface area (Å²) in [6.07, 6.45) is 7.17. The fraction of sp³-hybridized carbons (Fsp3) is 0.235. The minimum Gasteiger partial charge on any atom is -0.399 e. The van der Waals surface area contributed by atoms with Gasteiger partial charge in [-0.1, -0.05) is 62.1 Å². The van der Waals surface area contributed by atoms with E-state index in [0.717, 1.165) is 92.3 Å². The van der Waals surface area contributed by atoms with E-state index in [0.29, 0.717) is 0 Å². The first-order valence-corrected chi connectivity index (χ1v) is 14.3. The summed E-state index contributed by atoms with van der Waals surface area (Å²) in [5.74, 6) is 0. The predicted octanol–water partition coefficient (Wildman–Crippen LogP) is 8.54. The van der Waals surface area contributed by atoms with Gasteiger partial charge in [0.15, 0.2) is 0 Å². The number of fused-ring (bicyclic) bond motifs is 4. The zero-order valence-electron chi connectivity index (χ0n) is 23.2. The summed E-state index contributed by atoms with van der Waals surface area (Å²) in [5, 5.41) is 11.9. The quantitative estimate of drug-likeness (QED) is 0.0714. The maximum absolute atomic E-state index is 6.10. The Morgan fingerprint density at radius 1 is 0.463 bits per heavy atom. The molecule has 0 aliphatic rings. The Kier molecular flexibility index (Phi) is 8.90. The molecule has 4 aromatic carbocycles. The number of nitrogen functional groups attached to an aromatic ring is 2. The molecule has 0 unspecified atom stereocenters. The number of benzene rings is 4. The zero-order chi connectivity index (χ0) is 27.3. The van der Waals surface area contributed by atoms with Crippen LogP contribution in [0.3, 0.4) is 0 Å². The minimum absolute atomic E-state index is 0. The van der Waals surface area contributed by atoms with E-state index in [1.807, 2.05) is 48.5 Å². The lowest BCUT2D eigenvalue weighted by atomic mass is 10.1. The van der Waals surface area contributed by atoms with Crippen LogP contribution in [-0.2, 0) is 0 Å². The normalized spacial score (nSPS) is 11.2. The van der Waals surface area contributed by atoms with Crippen molar-refractivity contribution in [2.75, 3.05) is 35.2 Å². The van der Waals surface area contributed by atoms with Gasteiger partial charge >= 0.3 is 0 Å². The van der Waals surface area contributed by atoms with Gasteiger partial charge in [-0.25, -0.2) is 9.97 Å². The van der Waals surface area contributed by atoms with Gasteiger partial charge in [0.1, 0.15) is 0 Å². The van der Waals surface area contributed by atoms with Crippen molar-refractivity contribution in [1.82, 2.24) is 9.97 Å². The molecule has 2 aromatic heterocycles. The standard InChI is InChI=1S/C34H36N6.ClH/c35-23-15-17-31-27(21-23)33(25-11-5-7-13-29(25)39-31)37-19-9-3-1-2-4-10-20-38-34-26-12-6-8-14-30(26)40-32-18-16-24(36)22-28(32)34;/h5-8,11-18,21-22H,1-4,9-10,19-20,35-36H2,(H,37,39)(H,38,40);1H. The highest BCUT2D eigenvalue weighted by Crippen LogP contribution is 2.33. The molecule has 6 rings (SSSR count). The first kappa shape index (κ1) is 28.2. The average molecular weight is 565 g/mol. The summed E-state index contributed by atoms with van der Waals surface area (Å²) in [7, 11) is 0. The molecule has 0 saturated carbocycles. The number of halogens is 1. The molecule has 0 aliphatic carbocycles. The molecule has 6 aromatic rings. The van der Waals surface area contributed by atoms with Crippen molar-refractivity contribution in [3.8, 4) is 0 Å². The monoisotopic (exact) mass is 564 g/mol. The third-order valence-electron chi connectivity index (χ3n) is 7.62. The van der Waals surface area contributed by atoms with E-state index in [9.17, 15) is 0 Å². The van der Waals surface area contributed by atoms with Crippen molar-refractivity contribution in [3.05, 3.63) is 84.9 Å². The van der Waals surface area contributed by atoms with Crippen molar-refractivity contribution in [2.24, 2.45) is 0 Å². The molecule has 0 aliphatic heterocycles. The lowest BCUT2D eigenvalue weighted by Gasteiger charge is -2.14. The molecule has 0 bridgehead atoms. The van der Waals surface area contributed by atoms with Gasteiger partial charge in [-0.2, -0.15) is 0 Å². The van der Waals surface area contributed by atoms with E-state index < -0.39 is 0 Å². The lowest BCUT2D eigenvalue weighted by molar-refractivity contribution is 0.610. The number of nitrogens with zero attached hydrogens (tertiary/aromatic N) is 2. The van der Waals surface area contributed by atoms with Crippen LogP contribution in [0.2, 0.25) is 0 Å². The van der Waals surface area contributed by atoms with E-state index >= 15 is 0 Å². The molecule has 0 radical (unpaired) electrons. The molecular formula is C34H37ClN6. The number of pyridine rings is 2. The van der Waals surface area contributed by atoms with Crippen molar-refractivity contribution in [3.63, 3.8) is 0 Å². The number of unbranched alkanes of at least 4 members (excludes halogenated alkanes) is 5. The summed E-state index contributed by atoms with van der Waals surface area (Å²) in [6, 6.07) is 28.5. The fourth-order valence-electron chi connectivity index (χ4n) is 5.58. The number of aromatic nitrogens is 2. The maximum atomic E-state index is 6.10. The number of nitrogens with one attached hydrogen (secondary N) is 2. The Bertz CT molecular complexity index is 1670. The van der Waals surface area contributed by atoms with Gasteiger partial charge < -0.3 is 22.1 Å². The van der Waals surface area contributed by atoms with Crippen LogP contribution in [-0.4, -0.2) is 23.1 Å². The first-order valence-electron chi connectivity index (χ1n) is 14.3. The molecule has 0 fully saturated rings. The van der Waals surface area contributed by atoms with E-state index in [2.05, 4.69) is 47.0 Å². The first-order chi connectivity index (χ1) is 19.7. The van der Waals surface area contributed by atoms with Crippen molar-refractivity contribution in [1.29, 1.82) is 0 Å². The molecule has 2 heterocycles. The predicted molar refractivity (Wildman–Crippen MR) is 179 cm³/mol. The number of hydrogen-bond donors (Lipinski definition) is 4. The molecule has 6 N–H and O–H groups in total. The second-order valence-corrected chi connectivity index (χ2v) is 10.5. The van der Waals surface area contributed by atoms with Crippen LogP contribution in [0.5, 0.6) is 0 Å². The number of hydrogen-bond acceptors (Lipinski definition) is 6. The highest BCUT2D eigenvalue weighted by atomic mass is 35.5. The second-order valence-electron chi connectivity index (χ2n) is 10.5. The van der Waals surface area contributed by atoms with Crippen LogP contribution in [0.4, 0.5) is 22.7 Å². The molecule has 0 saturated heterocycles. The molecule has 210 valence electrons. The molecular weight excluding hydrogens is 528 g/mol. The average Bonchev–Trinajstić information content (AvgIpc) is 2.97. The second kappa shape index (κ2) is 12.9. The molecule has 7 heteroatoms. The summed E-state index contributed by atoms with van der Waals surface area (Å²) in [6.45, 7) is 1.87. The van der Waals surface area contributed by atoms with E-state index in [1.54, 1.807) is 0 Å². The molecule has 0 amide bonds. The molecule has 6 nitrogen and oxygen atoms in total. The van der Waals surface area contributed by atoms with Crippen LogP contribution in [0.15, 0.2) is 84.9 Å². The van der Waals surface area contributed by atoms with Gasteiger partial charge in [-0.3, -0.25) is 0 Å². The highest BCUT2D eigenvalue weighted by molar-refractivity contribution is 6.09. The van der Waals surface area contributed by atoms with E-state index in [4.69, 9.17) is 21.4 Å². The largest absolute Gasteiger partial charge is 0.399 e. The zero-order valence-corrected chi connectivity index (χ0v) is 24.0. The highest BCUT2D eigenvalue weighted by Gasteiger charge is 2.10. The Morgan fingerprint density at radius 2 is 0.854 bits per heavy atom. The van der Waals surface area contributed by atoms with Crippen LogP contribution >= 0.6 is 12.4 Å². The summed E-state index contributed by atoms with van der Waals surface area (Å²) in [4.78, 5) is 9.63. The third-order valence-corrected chi connectivity index (χ3v) is 7.62. The summed E-state index contributed by atoms with van der Waals surface area (Å²) >= 11 is 0. The molecule has 0 atom stereocenters. The Balaban J connectivity index is 0.00000337. The van der Waals surface area contributed by atoms with Crippen LogP contribution in [0.25, 0.3) is 43.6 Å². The fourth-order valence-corrected chi connectivity index (χ4v) is 5.58. The van der Waals surface area contributed by atoms with Gasteiger partial charge in [0.25, 0.3) is 0 Å². The third kappa shape index (κ3) is 6.23. The topological polar surface area (TPSA) is 102 Å². The lowest BCUT2D eigenvalue weighted by Crippen LogP contribution is -2.04. The smallest absolute Gasteiger partial charge is 0.0732 e. The van der Waals surface area contributed by atoms with Gasteiger partial charge in [-0.05, 0) is 61.4 Å². The number of rotatable bonds is 11.